The molecule has 3 aromatic rings. The van der Waals surface area contributed by atoms with Crippen molar-refractivity contribution in [2.75, 3.05) is 5.32 Å². The van der Waals surface area contributed by atoms with Gasteiger partial charge in [-0.2, -0.15) is 10.2 Å². The molecular weight excluding hydrogens is 461 g/mol. The molecule has 0 saturated heterocycles. The van der Waals surface area contributed by atoms with E-state index in [-0.39, 0.29) is 24.7 Å². The number of rotatable bonds is 6. The molecule has 154 valence electrons. The van der Waals surface area contributed by atoms with E-state index in [1.54, 1.807) is 23.7 Å². The van der Waals surface area contributed by atoms with E-state index in [2.05, 4.69) is 31.4 Å². The van der Waals surface area contributed by atoms with Crippen molar-refractivity contribution in [2.24, 2.45) is 0 Å². The largest absolute Gasteiger partial charge is 0.323 e. The van der Waals surface area contributed by atoms with Crippen LogP contribution in [0.25, 0.3) is 0 Å². The fraction of sp³-hybridized carbons (Fsp3) is 0.350. The number of benzene rings is 1. The molecule has 0 saturated carbocycles. The van der Waals surface area contributed by atoms with Crippen molar-refractivity contribution in [3.63, 3.8) is 0 Å². The number of carbonyl (C=O) groups is 1. The van der Waals surface area contributed by atoms with Gasteiger partial charge in [-0.25, -0.2) is 4.39 Å². The highest BCUT2D eigenvalue weighted by molar-refractivity contribution is 9.10. The summed E-state index contributed by atoms with van der Waals surface area (Å²) in [6.45, 7) is 8.17. The summed E-state index contributed by atoms with van der Waals surface area (Å²) < 4.78 is 18.5. The standard InChI is InChI=1S/C20H22BrClFN5O/c1-11-19(21)13(3)27(25-11)9-8-18(29)24-20-12(2)26-28(14(20)4)10-15-16(22)6-5-7-17(15)23/h5-7H,8-10H2,1-4H3,(H,24,29). The number of carbonyl (C=O) groups excluding carboxylic acids is 1. The van der Waals surface area contributed by atoms with E-state index >= 15 is 0 Å². The van der Waals surface area contributed by atoms with Gasteiger partial charge >= 0.3 is 0 Å². The van der Waals surface area contributed by atoms with Crippen LogP contribution in [0.2, 0.25) is 5.02 Å². The van der Waals surface area contributed by atoms with Crippen molar-refractivity contribution < 1.29 is 9.18 Å². The average molecular weight is 483 g/mol. The summed E-state index contributed by atoms with van der Waals surface area (Å²) >= 11 is 9.61. The lowest BCUT2D eigenvalue weighted by Crippen LogP contribution is -2.16. The predicted molar refractivity (Wildman–Crippen MR) is 115 cm³/mol. The normalized spacial score (nSPS) is 11.1. The SMILES string of the molecule is Cc1nn(CCC(=O)Nc2c(C)nn(Cc3c(F)cccc3Cl)c2C)c(C)c1Br. The molecule has 0 atom stereocenters. The van der Waals surface area contributed by atoms with Gasteiger partial charge in [0.25, 0.3) is 0 Å². The Hall–Kier alpha value is -2.19. The number of halogens is 3. The zero-order valence-corrected chi connectivity index (χ0v) is 19.0. The monoisotopic (exact) mass is 481 g/mol. The lowest BCUT2D eigenvalue weighted by atomic mass is 10.2. The molecule has 0 aliphatic carbocycles. The van der Waals surface area contributed by atoms with E-state index in [4.69, 9.17) is 11.6 Å². The summed E-state index contributed by atoms with van der Waals surface area (Å²) in [6.07, 6.45) is 0.275. The second-order valence-corrected chi connectivity index (χ2v) is 8.11. The van der Waals surface area contributed by atoms with Crippen molar-refractivity contribution in [3.8, 4) is 0 Å². The third kappa shape index (κ3) is 4.53. The van der Waals surface area contributed by atoms with Crippen LogP contribution in [0.4, 0.5) is 10.1 Å². The van der Waals surface area contributed by atoms with Crippen LogP contribution in [0.15, 0.2) is 22.7 Å². The molecule has 2 heterocycles. The minimum Gasteiger partial charge on any atom is -0.323 e. The van der Waals surface area contributed by atoms with Crippen LogP contribution < -0.4 is 5.32 Å². The Morgan fingerprint density at radius 1 is 1.14 bits per heavy atom. The molecule has 0 bridgehead atoms. The number of anilines is 1. The van der Waals surface area contributed by atoms with E-state index in [0.29, 0.717) is 28.5 Å². The van der Waals surface area contributed by atoms with Gasteiger partial charge in [0.15, 0.2) is 0 Å². The summed E-state index contributed by atoms with van der Waals surface area (Å²) in [5, 5.41) is 12.1. The molecule has 0 fully saturated rings. The fourth-order valence-corrected chi connectivity index (χ4v) is 3.67. The summed E-state index contributed by atoms with van der Waals surface area (Å²) in [5.74, 6) is -0.518. The smallest absolute Gasteiger partial charge is 0.226 e. The van der Waals surface area contributed by atoms with Crippen molar-refractivity contribution in [1.82, 2.24) is 19.6 Å². The van der Waals surface area contributed by atoms with E-state index in [1.165, 1.54) is 6.07 Å². The van der Waals surface area contributed by atoms with E-state index in [1.807, 2.05) is 25.5 Å². The number of amides is 1. The average Bonchev–Trinajstić information content (AvgIpc) is 3.07. The van der Waals surface area contributed by atoms with Crippen LogP contribution in [-0.4, -0.2) is 25.5 Å². The maximum absolute atomic E-state index is 14.1. The Bertz CT molecular complexity index is 1060. The maximum atomic E-state index is 14.1. The summed E-state index contributed by atoms with van der Waals surface area (Å²) in [4.78, 5) is 12.5. The molecule has 1 aromatic carbocycles. The van der Waals surface area contributed by atoms with Gasteiger partial charge in [0, 0.05) is 22.7 Å². The molecule has 9 heteroatoms. The zero-order valence-electron chi connectivity index (χ0n) is 16.7. The van der Waals surface area contributed by atoms with Crippen molar-refractivity contribution >= 4 is 39.1 Å². The van der Waals surface area contributed by atoms with Crippen LogP contribution in [-0.2, 0) is 17.9 Å². The van der Waals surface area contributed by atoms with Crippen LogP contribution in [0, 0.1) is 33.5 Å². The fourth-order valence-electron chi connectivity index (χ4n) is 3.17. The van der Waals surface area contributed by atoms with Crippen LogP contribution in [0.5, 0.6) is 0 Å². The summed E-state index contributed by atoms with van der Waals surface area (Å²) in [5.41, 5.74) is 4.28. The molecule has 0 spiro atoms. The first kappa shape index (κ1) is 21.5. The predicted octanol–water partition coefficient (Wildman–Crippen LogP) is 4.95. The Kier molecular flexibility index (Phi) is 6.43. The number of aryl methyl sites for hydroxylation is 3. The number of aromatic nitrogens is 4. The molecule has 6 nitrogen and oxygen atoms in total. The quantitative estimate of drug-likeness (QED) is 0.541. The highest BCUT2D eigenvalue weighted by Gasteiger charge is 2.17. The first-order valence-corrected chi connectivity index (χ1v) is 10.3. The molecule has 29 heavy (non-hydrogen) atoms. The third-order valence-electron chi connectivity index (χ3n) is 4.86. The second kappa shape index (κ2) is 8.67. The lowest BCUT2D eigenvalue weighted by molar-refractivity contribution is -0.116. The zero-order chi connectivity index (χ0) is 21.3. The number of nitrogens with one attached hydrogen (secondary N) is 1. The van der Waals surface area contributed by atoms with Gasteiger partial charge in [-0.3, -0.25) is 14.2 Å². The number of hydrogen-bond acceptors (Lipinski definition) is 3. The summed E-state index contributed by atoms with van der Waals surface area (Å²) in [6, 6.07) is 4.58. The van der Waals surface area contributed by atoms with Gasteiger partial charge in [0.2, 0.25) is 5.91 Å². The van der Waals surface area contributed by atoms with Gasteiger partial charge in [-0.1, -0.05) is 17.7 Å². The topological polar surface area (TPSA) is 64.7 Å². The highest BCUT2D eigenvalue weighted by atomic mass is 79.9. The molecule has 0 aliphatic heterocycles. The van der Waals surface area contributed by atoms with E-state index in [9.17, 15) is 9.18 Å². The molecule has 0 radical (unpaired) electrons. The Labute approximate surface area is 182 Å². The Morgan fingerprint density at radius 3 is 2.45 bits per heavy atom. The maximum Gasteiger partial charge on any atom is 0.226 e. The van der Waals surface area contributed by atoms with Crippen LogP contribution >= 0.6 is 27.5 Å². The van der Waals surface area contributed by atoms with Crippen LogP contribution in [0.3, 0.4) is 0 Å². The molecular formula is C20H22BrClFN5O. The van der Waals surface area contributed by atoms with Gasteiger partial charge in [0.05, 0.1) is 40.3 Å². The van der Waals surface area contributed by atoms with Crippen molar-refractivity contribution in [1.29, 1.82) is 0 Å². The first-order valence-electron chi connectivity index (χ1n) is 9.15. The minimum atomic E-state index is -0.383. The number of hydrogen-bond donors (Lipinski definition) is 1. The third-order valence-corrected chi connectivity index (χ3v) is 6.36. The Balaban J connectivity index is 1.71. The second-order valence-electron chi connectivity index (χ2n) is 6.91. The van der Waals surface area contributed by atoms with Crippen molar-refractivity contribution in [3.05, 3.63) is 61.9 Å². The molecule has 0 aliphatic rings. The molecule has 3 rings (SSSR count). The number of nitrogens with zero attached hydrogens (tertiary/aromatic N) is 4. The van der Waals surface area contributed by atoms with Crippen molar-refractivity contribution in [2.45, 2.75) is 47.2 Å². The first-order chi connectivity index (χ1) is 13.7. The van der Waals surface area contributed by atoms with Crippen LogP contribution in [0.1, 0.15) is 34.8 Å². The molecule has 0 unspecified atom stereocenters. The van der Waals surface area contributed by atoms with Gasteiger partial charge in [-0.05, 0) is 55.8 Å². The van der Waals surface area contributed by atoms with E-state index < -0.39 is 0 Å². The highest BCUT2D eigenvalue weighted by Crippen LogP contribution is 2.25. The van der Waals surface area contributed by atoms with Gasteiger partial charge < -0.3 is 5.32 Å². The lowest BCUT2D eigenvalue weighted by Gasteiger charge is -2.09. The molecule has 1 amide bonds. The molecule has 2 aromatic heterocycles. The minimum absolute atomic E-state index is 0.136. The molecule has 1 N–H and O–H groups in total. The summed E-state index contributed by atoms with van der Waals surface area (Å²) in [7, 11) is 0. The van der Waals surface area contributed by atoms with Gasteiger partial charge in [-0.15, -0.1) is 0 Å². The van der Waals surface area contributed by atoms with Gasteiger partial charge in [0.1, 0.15) is 5.82 Å². The van der Waals surface area contributed by atoms with E-state index in [0.717, 1.165) is 21.6 Å². The Morgan fingerprint density at radius 2 is 1.83 bits per heavy atom.